The van der Waals surface area contributed by atoms with Crippen molar-refractivity contribution >= 4 is 17.5 Å². The summed E-state index contributed by atoms with van der Waals surface area (Å²) in [6.07, 6.45) is -2.47. The van der Waals surface area contributed by atoms with E-state index < -0.39 is 71.2 Å². The molecule has 1 saturated heterocycles. The Morgan fingerprint density at radius 1 is 1.07 bits per heavy atom. The van der Waals surface area contributed by atoms with Gasteiger partial charge < -0.3 is 29.4 Å². The molecule has 1 aliphatic carbocycles. The number of ether oxygens (including phenoxy) is 2. The summed E-state index contributed by atoms with van der Waals surface area (Å²) >= 11 is 0. The maximum atomic E-state index is 15.3. The number of aliphatic hydroxyl groups is 1. The molecule has 14 heteroatoms. The minimum atomic E-state index is -4.92. The number of alkyl halides is 3. The molecule has 9 nitrogen and oxygen atoms in total. The number of aryl methyl sites for hydroxylation is 1. The van der Waals surface area contributed by atoms with Crippen molar-refractivity contribution in [2.45, 2.75) is 44.7 Å². The third-order valence-electron chi connectivity index (χ3n) is 8.10. The molecule has 1 aromatic heterocycles. The van der Waals surface area contributed by atoms with Gasteiger partial charge in [-0.1, -0.05) is 0 Å². The number of methoxy groups -OCH3 is 1. The van der Waals surface area contributed by atoms with E-state index in [1.54, 1.807) is 13.0 Å². The Balaban J connectivity index is 1.45. The number of hydrogen-bond acceptors (Lipinski definition) is 6. The molecular formula is C31H30F5N3O6. The molecule has 240 valence electrons. The van der Waals surface area contributed by atoms with E-state index in [4.69, 9.17) is 4.74 Å². The van der Waals surface area contributed by atoms with E-state index >= 15 is 8.78 Å². The Morgan fingerprint density at radius 2 is 1.71 bits per heavy atom. The van der Waals surface area contributed by atoms with E-state index in [2.05, 4.69) is 10.1 Å². The number of pyridine rings is 1. The van der Waals surface area contributed by atoms with Crippen LogP contribution in [0.2, 0.25) is 0 Å². The van der Waals surface area contributed by atoms with E-state index in [1.807, 2.05) is 0 Å². The zero-order chi connectivity index (χ0) is 32.6. The Hall–Kier alpha value is -4.46. The second kappa shape index (κ2) is 12.5. The Bertz CT molecular complexity index is 1630. The van der Waals surface area contributed by atoms with Gasteiger partial charge in [0.25, 0.3) is 11.5 Å². The second-order valence-electron chi connectivity index (χ2n) is 11.2. The molecule has 0 radical (unpaired) electrons. The molecule has 2 unspecified atom stereocenters. The monoisotopic (exact) mass is 635 g/mol. The van der Waals surface area contributed by atoms with E-state index in [-0.39, 0.29) is 36.0 Å². The number of nitrogens with zero attached hydrogens (tertiary/aromatic N) is 2. The van der Waals surface area contributed by atoms with Crippen LogP contribution in [0.5, 0.6) is 11.5 Å². The van der Waals surface area contributed by atoms with Gasteiger partial charge in [-0.2, -0.15) is 0 Å². The molecule has 5 rings (SSSR count). The first-order valence-corrected chi connectivity index (χ1v) is 14.1. The molecule has 2 aromatic carbocycles. The average Bonchev–Trinajstić information content (AvgIpc) is 3.78. The van der Waals surface area contributed by atoms with Gasteiger partial charge in [0.05, 0.1) is 25.7 Å². The lowest BCUT2D eigenvalue weighted by molar-refractivity contribution is -0.274. The van der Waals surface area contributed by atoms with Crippen molar-refractivity contribution in [2.24, 2.45) is 11.8 Å². The van der Waals surface area contributed by atoms with Gasteiger partial charge in [-0.25, -0.2) is 8.78 Å². The van der Waals surface area contributed by atoms with Crippen LogP contribution >= 0.6 is 0 Å². The van der Waals surface area contributed by atoms with Gasteiger partial charge in [-0.05, 0) is 61.6 Å². The van der Waals surface area contributed by atoms with Crippen LogP contribution in [0.3, 0.4) is 0 Å². The first kappa shape index (κ1) is 31.9. The minimum Gasteiger partial charge on any atom is -0.497 e. The van der Waals surface area contributed by atoms with Crippen LogP contribution in [0.4, 0.5) is 27.6 Å². The van der Waals surface area contributed by atoms with Gasteiger partial charge in [0.15, 0.2) is 0 Å². The van der Waals surface area contributed by atoms with Crippen molar-refractivity contribution in [3.63, 3.8) is 0 Å². The molecular weight excluding hydrogens is 605 g/mol. The third kappa shape index (κ3) is 6.95. The number of nitrogens with one attached hydrogen (secondary N) is 1. The van der Waals surface area contributed by atoms with Gasteiger partial charge in [0.2, 0.25) is 5.91 Å². The summed E-state index contributed by atoms with van der Waals surface area (Å²) in [5.74, 6) is -6.35. The van der Waals surface area contributed by atoms with Crippen molar-refractivity contribution in [1.82, 2.24) is 9.88 Å². The number of carbonyl (C=O) groups excluding carboxylic acids is 2. The molecule has 1 saturated carbocycles. The smallest absolute Gasteiger partial charge is 0.497 e. The van der Waals surface area contributed by atoms with Gasteiger partial charge in [0, 0.05) is 48.5 Å². The van der Waals surface area contributed by atoms with E-state index in [1.165, 1.54) is 17.9 Å². The zero-order valence-corrected chi connectivity index (χ0v) is 24.2. The molecule has 2 fully saturated rings. The molecule has 0 bridgehead atoms. The summed E-state index contributed by atoms with van der Waals surface area (Å²) in [4.78, 5) is 41.5. The summed E-state index contributed by atoms with van der Waals surface area (Å²) in [6.45, 7) is 0.909. The van der Waals surface area contributed by atoms with Crippen LogP contribution in [0, 0.1) is 30.4 Å². The molecule has 2 heterocycles. The number of benzene rings is 2. The highest BCUT2D eigenvalue weighted by Gasteiger charge is 2.45. The molecule has 1 aliphatic heterocycles. The third-order valence-corrected chi connectivity index (χ3v) is 8.10. The normalized spacial score (nSPS) is 19.0. The predicted molar refractivity (Wildman–Crippen MR) is 151 cm³/mol. The summed E-state index contributed by atoms with van der Waals surface area (Å²) in [7, 11) is 1.23. The second-order valence-corrected chi connectivity index (χ2v) is 11.2. The van der Waals surface area contributed by atoms with Crippen molar-refractivity contribution in [3.05, 3.63) is 87.3 Å². The largest absolute Gasteiger partial charge is 0.573 e. The van der Waals surface area contributed by atoms with Crippen molar-refractivity contribution in [1.29, 1.82) is 0 Å². The lowest BCUT2D eigenvalue weighted by Gasteiger charge is -2.21. The molecule has 45 heavy (non-hydrogen) atoms. The summed E-state index contributed by atoms with van der Waals surface area (Å²) in [5, 5.41) is 13.0. The number of carbonyl (C=O) groups is 2. The number of hydrogen-bond donors (Lipinski definition) is 2. The van der Waals surface area contributed by atoms with Crippen LogP contribution in [-0.2, 0) is 11.3 Å². The quantitative estimate of drug-likeness (QED) is 0.322. The first-order valence-electron chi connectivity index (χ1n) is 14.1. The van der Waals surface area contributed by atoms with E-state index in [0.29, 0.717) is 5.56 Å². The van der Waals surface area contributed by atoms with Crippen LogP contribution in [0.15, 0.2) is 53.5 Å². The lowest BCUT2D eigenvalue weighted by Crippen LogP contribution is -2.39. The molecule has 2 N–H and O–H groups in total. The van der Waals surface area contributed by atoms with Gasteiger partial charge >= 0.3 is 6.36 Å². The highest BCUT2D eigenvalue weighted by atomic mass is 19.4. The Labute approximate surface area is 254 Å². The van der Waals surface area contributed by atoms with Crippen LogP contribution in [-0.4, -0.2) is 54.2 Å². The maximum Gasteiger partial charge on any atom is 0.573 e. The fourth-order valence-corrected chi connectivity index (χ4v) is 5.61. The summed E-state index contributed by atoms with van der Waals surface area (Å²) in [5.41, 5.74) is -0.646. The van der Waals surface area contributed by atoms with Gasteiger partial charge in [-0.15, -0.1) is 13.2 Å². The number of aromatic nitrogens is 1. The Kier molecular flexibility index (Phi) is 8.88. The number of aliphatic hydroxyl groups excluding tert-OH is 1. The van der Waals surface area contributed by atoms with Gasteiger partial charge in [-0.3, -0.25) is 14.4 Å². The average molecular weight is 636 g/mol. The van der Waals surface area contributed by atoms with Crippen molar-refractivity contribution < 1.29 is 46.1 Å². The number of rotatable bonds is 10. The highest BCUT2D eigenvalue weighted by Crippen LogP contribution is 2.40. The van der Waals surface area contributed by atoms with Crippen molar-refractivity contribution in [3.8, 4) is 11.5 Å². The lowest BCUT2D eigenvalue weighted by atomic mass is 9.87. The van der Waals surface area contributed by atoms with E-state index in [0.717, 1.165) is 54.1 Å². The fraction of sp³-hybridized carbons (Fsp3) is 0.387. The number of anilines is 1. The molecule has 3 atom stereocenters. The molecule has 2 amide bonds. The fourth-order valence-electron chi connectivity index (χ4n) is 5.61. The molecule has 3 aromatic rings. The SMILES string of the molecule is COc1cc(F)c([C@@H]2CN(c3c(C)ccn(CC(O)C4CC4)c3=O)C(=O)C2CNC(=O)c2ccc(OC(F)(F)F)cc2)c(F)c1. The van der Waals surface area contributed by atoms with Gasteiger partial charge in [0.1, 0.15) is 28.8 Å². The molecule has 0 spiro atoms. The molecule has 2 aliphatic rings. The summed E-state index contributed by atoms with van der Waals surface area (Å²) < 4.78 is 78.2. The summed E-state index contributed by atoms with van der Waals surface area (Å²) in [6, 6.07) is 7.60. The highest BCUT2D eigenvalue weighted by molar-refractivity contribution is 6.00. The Morgan fingerprint density at radius 3 is 2.29 bits per heavy atom. The zero-order valence-electron chi connectivity index (χ0n) is 24.2. The topological polar surface area (TPSA) is 110 Å². The first-order chi connectivity index (χ1) is 21.3. The maximum absolute atomic E-state index is 15.3. The standard InChI is InChI=1S/C31H30F5N3O6/c1-16-9-10-38(15-25(40)17-3-4-17)30(43)27(16)39-14-22(26-23(32)11-20(44-2)12-24(26)33)21(29(39)42)13-37-28(41)18-5-7-19(8-6-18)45-31(34,35)36/h5-12,17,21-22,25,40H,3-4,13-15H2,1-2H3,(H,37,41)/t21?,22-,25?/m1/s1. The van der Waals surface area contributed by atoms with Crippen molar-refractivity contribution in [2.75, 3.05) is 25.1 Å². The van der Waals surface area contributed by atoms with Crippen LogP contribution in [0.25, 0.3) is 0 Å². The number of amides is 2. The van der Waals surface area contributed by atoms with Crippen LogP contribution < -0.4 is 25.2 Å². The number of halogens is 5. The predicted octanol–water partition coefficient (Wildman–Crippen LogP) is 4.29. The minimum absolute atomic E-state index is 0.0102. The van der Waals surface area contributed by atoms with E-state index in [9.17, 15) is 32.7 Å². The van der Waals surface area contributed by atoms with Crippen LogP contribution in [0.1, 0.15) is 40.2 Å².